The number of carbonyl (C=O) groups excluding carboxylic acids is 1. The summed E-state index contributed by atoms with van der Waals surface area (Å²) in [6.45, 7) is 0. The van der Waals surface area contributed by atoms with Gasteiger partial charge < -0.3 is 10.1 Å². The summed E-state index contributed by atoms with van der Waals surface area (Å²) in [6.07, 6.45) is 2.72. The highest BCUT2D eigenvalue weighted by atomic mass is 32.2. The van der Waals surface area contributed by atoms with Crippen molar-refractivity contribution in [2.45, 2.75) is 5.75 Å². The number of pyridine rings is 1. The van der Waals surface area contributed by atoms with Crippen molar-refractivity contribution in [3.05, 3.63) is 53.7 Å². The minimum Gasteiger partial charge on any atom is -0.493 e. The Morgan fingerprint density at radius 1 is 1.23 bits per heavy atom. The Morgan fingerprint density at radius 3 is 2.50 bits per heavy atom. The molecule has 0 aliphatic rings. The van der Waals surface area contributed by atoms with Gasteiger partial charge in [-0.15, -0.1) is 0 Å². The maximum atomic E-state index is 12.2. The van der Waals surface area contributed by atoms with Gasteiger partial charge in [0.25, 0.3) is 5.91 Å². The fourth-order valence-corrected chi connectivity index (χ4v) is 2.68. The van der Waals surface area contributed by atoms with Gasteiger partial charge in [-0.05, 0) is 29.8 Å². The van der Waals surface area contributed by atoms with Gasteiger partial charge in [-0.25, -0.2) is 13.4 Å². The molecule has 2 aromatic rings. The van der Waals surface area contributed by atoms with Crippen molar-refractivity contribution < 1.29 is 17.9 Å². The van der Waals surface area contributed by atoms with Gasteiger partial charge in [-0.2, -0.15) is 0 Å². The zero-order valence-electron chi connectivity index (χ0n) is 12.2. The lowest BCUT2D eigenvalue weighted by Gasteiger charge is -2.09. The highest BCUT2D eigenvalue weighted by molar-refractivity contribution is 7.89. The molecule has 0 aliphatic heterocycles. The van der Waals surface area contributed by atoms with Crippen LogP contribution < -0.4 is 10.1 Å². The molecule has 0 unspecified atom stereocenters. The number of nitrogens with one attached hydrogen (secondary N) is 1. The van der Waals surface area contributed by atoms with E-state index in [9.17, 15) is 13.2 Å². The number of carbonyl (C=O) groups is 1. The van der Waals surface area contributed by atoms with E-state index in [1.54, 1.807) is 42.6 Å². The van der Waals surface area contributed by atoms with Crippen LogP contribution >= 0.6 is 0 Å². The number of sulfone groups is 1. The third kappa shape index (κ3) is 4.29. The van der Waals surface area contributed by atoms with E-state index in [1.165, 1.54) is 13.4 Å². The average Bonchev–Trinajstić information content (AvgIpc) is 2.47. The molecule has 1 aromatic heterocycles. The van der Waals surface area contributed by atoms with Crippen molar-refractivity contribution in [2.24, 2.45) is 0 Å². The summed E-state index contributed by atoms with van der Waals surface area (Å²) >= 11 is 0. The first-order valence-electron chi connectivity index (χ1n) is 6.46. The number of hydrogen-bond acceptors (Lipinski definition) is 5. The number of anilines is 1. The summed E-state index contributed by atoms with van der Waals surface area (Å²) < 4.78 is 27.6. The zero-order valence-corrected chi connectivity index (χ0v) is 13.1. The first kappa shape index (κ1) is 16.0. The number of aromatic nitrogens is 1. The van der Waals surface area contributed by atoms with Crippen molar-refractivity contribution in [1.82, 2.24) is 4.98 Å². The molecule has 22 heavy (non-hydrogen) atoms. The summed E-state index contributed by atoms with van der Waals surface area (Å²) in [5.41, 5.74) is 1.04. The van der Waals surface area contributed by atoms with E-state index in [2.05, 4.69) is 10.3 Å². The predicted octanol–water partition coefficient (Wildman–Crippen LogP) is 1.89. The first-order chi connectivity index (χ1) is 10.4. The lowest BCUT2D eigenvalue weighted by molar-refractivity contribution is 0.102. The summed E-state index contributed by atoms with van der Waals surface area (Å²) in [6, 6.07) is 9.78. The van der Waals surface area contributed by atoms with E-state index in [0.717, 1.165) is 0 Å². The highest BCUT2D eigenvalue weighted by Crippen LogP contribution is 2.20. The van der Waals surface area contributed by atoms with Gasteiger partial charge in [-0.3, -0.25) is 4.79 Å². The number of rotatable bonds is 5. The van der Waals surface area contributed by atoms with Crippen molar-refractivity contribution in [3.63, 3.8) is 0 Å². The van der Waals surface area contributed by atoms with Gasteiger partial charge in [0.1, 0.15) is 0 Å². The van der Waals surface area contributed by atoms with Crippen LogP contribution in [0.25, 0.3) is 0 Å². The normalized spacial score (nSPS) is 11.0. The Kier molecular flexibility index (Phi) is 4.77. The number of hydrogen-bond donors (Lipinski definition) is 1. The molecular formula is C15H16N2O4S. The average molecular weight is 320 g/mol. The lowest BCUT2D eigenvalue weighted by Crippen LogP contribution is -2.13. The SMILES string of the molecule is COc1cccnc1NC(=O)c1ccc(CS(C)(=O)=O)cc1. The molecule has 0 aliphatic carbocycles. The van der Waals surface area contributed by atoms with E-state index in [-0.39, 0.29) is 11.7 Å². The van der Waals surface area contributed by atoms with Crippen LogP contribution in [0.4, 0.5) is 5.82 Å². The Labute approximate surface area is 129 Å². The minimum atomic E-state index is -3.09. The molecule has 7 heteroatoms. The molecule has 6 nitrogen and oxygen atoms in total. The largest absolute Gasteiger partial charge is 0.493 e. The summed E-state index contributed by atoms with van der Waals surface area (Å²) in [5, 5.41) is 2.65. The van der Waals surface area contributed by atoms with Gasteiger partial charge in [-0.1, -0.05) is 12.1 Å². The highest BCUT2D eigenvalue weighted by Gasteiger charge is 2.11. The smallest absolute Gasteiger partial charge is 0.256 e. The topological polar surface area (TPSA) is 85.4 Å². The van der Waals surface area contributed by atoms with Gasteiger partial charge in [0, 0.05) is 18.0 Å². The van der Waals surface area contributed by atoms with Crippen LogP contribution in [0.2, 0.25) is 0 Å². The van der Waals surface area contributed by atoms with Gasteiger partial charge in [0.15, 0.2) is 21.4 Å². The summed E-state index contributed by atoms with van der Waals surface area (Å²) in [4.78, 5) is 16.2. The fraction of sp³-hybridized carbons (Fsp3) is 0.200. The fourth-order valence-electron chi connectivity index (χ4n) is 1.88. The molecule has 0 saturated heterocycles. The molecule has 1 heterocycles. The molecule has 0 radical (unpaired) electrons. The Bertz CT molecular complexity index is 770. The van der Waals surface area contributed by atoms with Crippen LogP contribution in [-0.2, 0) is 15.6 Å². The third-order valence-electron chi connectivity index (χ3n) is 2.87. The number of amides is 1. The van der Waals surface area contributed by atoms with Crippen LogP contribution in [-0.4, -0.2) is 32.7 Å². The van der Waals surface area contributed by atoms with Crippen molar-refractivity contribution >= 4 is 21.6 Å². The van der Waals surface area contributed by atoms with E-state index in [0.29, 0.717) is 22.7 Å². The molecule has 1 amide bonds. The number of methoxy groups -OCH3 is 1. The maximum Gasteiger partial charge on any atom is 0.256 e. The number of ether oxygens (including phenoxy) is 1. The molecule has 1 N–H and O–H groups in total. The third-order valence-corrected chi connectivity index (χ3v) is 3.73. The van der Waals surface area contributed by atoms with Crippen LogP contribution in [0.15, 0.2) is 42.6 Å². The quantitative estimate of drug-likeness (QED) is 0.909. The second-order valence-electron chi connectivity index (χ2n) is 4.78. The van der Waals surface area contributed by atoms with Crippen molar-refractivity contribution in [1.29, 1.82) is 0 Å². The molecule has 0 spiro atoms. The maximum absolute atomic E-state index is 12.2. The van der Waals surface area contributed by atoms with E-state index in [1.807, 2.05) is 0 Å². The van der Waals surface area contributed by atoms with E-state index < -0.39 is 9.84 Å². The van der Waals surface area contributed by atoms with Crippen LogP contribution in [0.3, 0.4) is 0 Å². The van der Waals surface area contributed by atoms with Crippen molar-refractivity contribution in [3.8, 4) is 5.75 Å². The number of benzene rings is 1. The second kappa shape index (κ2) is 6.57. The molecule has 1 aromatic carbocycles. The summed E-state index contributed by atoms with van der Waals surface area (Å²) in [7, 11) is -1.60. The van der Waals surface area contributed by atoms with Gasteiger partial charge in [0.05, 0.1) is 12.9 Å². The standard InChI is InChI=1S/C15H16N2O4S/c1-21-13-4-3-9-16-14(13)17-15(18)12-7-5-11(6-8-12)10-22(2,19)20/h3-9H,10H2,1-2H3,(H,16,17,18). The molecule has 0 atom stereocenters. The van der Waals surface area contributed by atoms with E-state index >= 15 is 0 Å². The zero-order chi connectivity index (χ0) is 16.2. The molecule has 2 rings (SSSR count). The number of nitrogens with zero attached hydrogens (tertiary/aromatic N) is 1. The monoisotopic (exact) mass is 320 g/mol. The Balaban J connectivity index is 2.13. The first-order valence-corrected chi connectivity index (χ1v) is 8.52. The van der Waals surface area contributed by atoms with Gasteiger partial charge in [0.2, 0.25) is 0 Å². The molecule has 0 saturated carbocycles. The summed E-state index contributed by atoms with van der Waals surface area (Å²) in [5.74, 6) is 0.394. The molecule has 0 fully saturated rings. The van der Waals surface area contributed by atoms with Crippen LogP contribution in [0, 0.1) is 0 Å². The minimum absolute atomic E-state index is 0.0526. The molecule has 116 valence electrons. The van der Waals surface area contributed by atoms with Crippen molar-refractivity contribution in [2.75, 3.05) is 18.7 Å². The Hall–Kier alpha value is -2.41. The van der Waals surface area contributed by atoms with Crippen LogP contribution in [0.5, 0.6) is 5.75 Å². The molecule has 0 bridgehead atoms. The Morgan fingerprint density at radius 2 is 1.91 bits per heavy atom. The predicted molar refractivity (Wildman–Crippen MR) is 83.7 cm³/mol. The van der Waals surface area contributed by atoms with Gasteiger partial charge >= 0.3 is 0 Å². The van der Waals surface area contributed by atoms with Crippen LogP contribution in [0.1, 0.15) is 15.9 Å². The molecular weight excluding hydrogens is 304 g/mol. The lowest BCUT2D eigenvalue weighted by atomic mass is 10.1. The van der Waals surface area contributed by atoms with E-state index in [4.69, 9.17) is 4.74 Å². The second-order valence-corrected chi connectivity index (χ2v) is 6.92.